The topological polar surface area (TPSA) is 78.7 Å². The highest BCUT2D eigenvalue weighted by molar-refractivity contribution is 5.88. The lowest BCUT2D eigenvalue weighted by Crippen LogP contribution is -2.13. The molecule has 0 bridgehead atoms. The molecule has 108 valence electrons. The predicted octanol–water partition coefficient (Wildman–Crippen LogP) is 2.37. The molecule has 0 aliphatic carbocycles. The molecule has 0 amide bonds. The van der Waals surface area contributed by atoms with Gasteiger partial charge in [0.05, 0.1) is 23.2 Å². The minimum Gasteiger partial charge on any atom is -0.485 e. The third kappa shape index (κ3) is 3.74. The molecule has 0 saturated heterocycles. The molecule has 0 fully saturated rings. The van der Waals surface area contributed by atoms with Crippen LogP contribution in [0.1, 0.15) is 6.92 Å². The number of carbonyl (C=O) groups is 1. The van der Waals surface area contributed by atoms with E-state index in [1.807, 2.05) is 0 Å². The van der Waals surface area contributed by atoms with Gasteiger partial charge in [-0.3, -0.25) is 10.1 Å². The molecule has 1 aromatic carbocycles. The Morgan fingerprint density at radius 3 is 2.60 bits per heavy atom. The Labute approximate surface area is 112 Å². The summed E-state index contributed by atoms with van der Waals surface area (Å²) in [4.78, 5) is 20.5. The summed E-state index contributed by atoms with van der Waals surface area (Å²) in [7, 11) is 0. The zero-order chi connectivity index (χ0) is 15.3. The van der Waals surface area contributed by atoms with E-state index in [0.29, 0.717) is 12.1 Å². The quantitative estimate of drug-likeness (QED) is 0.347. The number of benzene rings is 1. The lowest BCUT2D eigenvalue weighted by atomic mass is 10.2. The van der Waals surface area contributed by atoms with E-state index < -0.39 is 40.6 Å². The molecule has 1 aromatic rings. The summed E-state index contributed by atoms with van der Waals surface area (Å²) in [6.07, 6.45) is 0. The van der Waals surface area contributed by atoms with Gasteiger partial charge in [0, 0.05) is 6.07 Å². The summed E-state index contributed by atoms with van der Waals surface area (Å²) in [6.45, 7) is 4.67. The van der Waals surface area contributed by atoms with Gasteiger partial charge in [0.15, 0.2) is 11.6 Å². The van der Waals surface area contributed by atoms with E-state index in [0.717, 1.165) is 0 Å². The lowest BCUT2D eigenvalue weighted by Gasteiger charge is -2.09. The molecule has 0 atom stereocenters. The highest BCUT2D eigenvalue weighted by atomic mass is 19.1. The second-order valence-corrected chi connectivity index (χ2v) is 3.60. The molecule has 6 nitrogen and oxygen atoms in total. The summed E-state index contributed by atoms with van der Waals surface area (Å²) in [5.74, 6) is -3.64. The summed E-state index contributed by atoms with van der Waals surface area (Å²) in [5, 5.41) is 10.4. The van der Waals surface area contributed by atoms with E-state index in [-0.39, 0.29) is 12.2 Å². The van der Waals surface area contributed by atoms with Crippen molar-refractivity contribution >= 4 is 11.7 Å². The molecule has 0 unspecified atom stereocenters. The van der Waals surface area contributed by atoms with Crippen molar-refractivity contribution in [3.8, 4) is 5.75 Å². The van der Waals surface area contributed by atoms with Gasteiger partial charge in [-0.05, 0) is 6.92 Å². The second kappa shape index (κ2) is 6.60. The third-order valence-corrected chi connectivity index (χ3v) is 2.16. The number of nitrogens with zero attached hydrogens (tertiary/aromatic N) is 1. The minimum atomic E-state index is -1.24. The normalized spacial score (nSPS) is 9.95. The van der Waals surface area contributed by atoms with Crippen molar-refractivity contribution < 1.29 is 28.0 Å². The fourth-order valence-corrected chi connectivity index (χ4v) is 1.23. The van der Waals surface area contributed by atoms with Crippen LogP contribution in [0.3, 0.4) is 0 Å². The molecule has 0 radical (unpaired) electrons. The van der Waals surface area contributed by atoms with Crippen LogP contribution in [0.5, 0.6) is 5.75 Å². The van der Waals surface area contributed by atoms with Crippen molar-refractivity contribution in [2.24, 2.45) is 0 Å². The van der Waals surface area contributed by atoms with Crippen LogP contribution in [-0.2, 0) is 9.53 Å². The maximum atomic E-state index is 13.4. The van der Waals surface area contributed by atoms with Crippen molar-refractivity contribution in [3.63, 3.8) is 0 Å². The molecule has 0 saturated carbocycles. The third-order valence-electron chi connectivity index (χ3n) is 2.16. The fraction of sp³-hybridized carbons (Fsp3) is 0.250. The lowest BCUT2D eigenvalue weighted by molar-refractivity contribution is -0.387. The number of rotatable bonds is 6. The number of nitro benzene ring substituents is 1. The first-order valence-electron chi connectivity index (χ1n) is 5.48. The average Bonchev–Trinajstić information content (AvgIpc) is 2.38. The largest absolute Gasteiger partial charge is 0.485 e. The van der Waals surface area contributed by atoms with Crippen molar-refractivity contribution in [2.75, 3.05) is 13.2 Å². The smallest absolute Gasteiger partial charge is 0.336 e. The monoisotopic (exact) mass is 287 g/mol. The van der Waals surface area contributed by atoms with Crippen molar-refractivity contribution in [1.82, 2.24) is 0 Å². The van der Waals surface area contributed by atoms with Gasteiger partial charge in [-0.25, -0.2) is 9.18 Å². The first kappa shape index (κ1) is 15.5. The van der Waals surface area contributed by atoms with Crippen LogP contribution < -0.4 is 4.74 Å². The first-order chi connectivity index (χ1) is 9.36. The molecule has 8 heteroatoms. The number of hydrogen-bond acceptors (Lipinski definition) is 5. The number of ether oxygens (including phenoxy) is 2. The van der Waals surface area contributed by atoms with Gasteiger partial charge >= 0.3 is 11.7 Å². The van der Waals surface area contributed by atoms with Crippen LogP contribution in [0.15, 0.2) is 24.3 Å². The van der Waals surface area contributed by atoms with Crippen LogP contribution in [0, 0.1) is 21.7 Å². The predicted molar refractivity (Wildman–Crippen MR) is 64.3 cm³/mol. The Hall–Kier alpha value is -2.51. The minimum absolute atomic E-state index is 0.0926. The Balaban J connectivity index is 2.79. The second-order valence-electron chi connectivity index (χ2n) is 3.60. The van der Waals surface area contributed by atoms with E-state index in [9.17, 15) is 23.7 Å². The zero-order valence-electron chi connectivity index (χ0n) is 10.5. The van der Waals surface area contributed by atoms with Crippen LogP contribution in [0.4, 0.5) is 14.5 Å². The van der Waals surface area contributed by atoms with Crippen LogP contribution in [-0.4, -0.2) is 24.1 Å². The van der Waals surface area contributed by atoms with Gasteiger partial charge < -0.3 is 9.47 Å². The number of carbonyl (C=O) groups excluding carboxylic acids is 1. The molecular formula is C12H11F2NO5. The molecule has 0 aromatic heterocycles. The van der Waals surface area contributed by atoms with Crippen molar-refractivity contribution in [2.45, 2.75) is 6.92 Å². The Morgan fingerprint density at radius 2 is 2.05 bits per heavy atom. The van der Waals surface area contributed by atoms with Crippen LogP contribution in [0.25, 0.3) is 0 Å². The summed E-state index contributed by atoms with van der Waals surface area (Å²) >= 11 is 0. The SMILES string of the molecule is C=C(COc1cc(F)c([N+](=O)[O-])cc1F)C(=O)OCC. The standard InChI is InChI=1S/C12H11F2NO5/c1-3-19-12(16)7(2)6-20-11-5-8(13)10(15(17)18)4-9(11)14/h4-5H,2-3,6H2,1H3. The highest BCUT2D eigenvalue weighted by Gasteiger charge is 2.20. The summed E-state index contributed by atoms with van der Waals surface area (Å²) in [5.41, 5.74) is -1.09. The van der Waals surface area contributed by atoms with Crippen LogP contribution >= 0.6 is 0 Å². The summed E-state index contributed by atoms with van der Waals surface area (Å²) in [6, 6.07) is 0.934. The number of halogens is 2. The fourth-order valence-electron chi connectivity index (χ4n) is 1.23. The number of esters is 1. The van der Waals surface area contributed by atoms with Crippen LogP contribution in [0.2, 0.25) is 0 Å². The molecule has 20 heavy (non-hydrogen) atoms. The van der Waals surface area contributed by atoms with Crippen molar-refractivity contribution in [1.29, 1.82) is 0 Å². The van der Waals surface area contributed by atoms with E-state index in [1.54, 1.807) is 6.92 Å². The zero-order valence-corrected chi connectivity index (χ0v) is 10.5. The maximum absolute atomic E-state index is 13.4. The van der Waals surface area contributed by atoms with E-state index in [2.05, 4.69) is 11.3 Å². The first-order valence-corrected chi connectivity index (χ1v) is 5.48. The molecule has 0 aliphatic heterocycles. The van der Waals surface area contributed by atoms with E-state index in [1.165, 1.54) is 0 Å². The van der Waals surface area contributed by atoms with E-state index in [4.69, 9.17) is 4.74 Å². The van der Waals surface area contributed by atoms with Gasteiger partial charge in [0.25, 0.3) is 0 Å². The number of nitro groups is 1. The summed E-state index contributed by atoms with van der Waals surface area (Å²) < 4.78 is 36.2. The molecule has 0 spiro atoms. The molecule has 0 aliphatic rings. The van der Waals surface area contributed by atoms with Gasteiger partial charge in [0.1, 0.15) is 6.61 Å². The Bertz CT molecular complexity index is 559. The average molecular weight is 287 g/mol. The maximum Gasteiger partial charge on any atom is 0.336 e. The van der Waals surface area contributed by atoms with Gasteiger partial charge in [-0.1, -0.05) is 6.58 Å². The molecule has 0 heterocycles. The van der Waals surface area contributed by atoms with Gasteiger partial charge in [-0.15, -0.1) is 0 Å². The van der Waals surface area contributed by atoms with Gasteiger partial charge in [-0.2, -0.15) is 4.39 Å². The number of hydrogen-bond donors (Lipinski definition) is 0. The molecular weight excluding hydrogens is 276 g/mol. The highest BCUT2D eigenvalue weighted by Crippen LogP contribution is 2.26. The molecule has 1 rings (SSSR count). The van der Waals surface area contributed by atoms with E-state index >= 15 is 0 Å². The van der Waals surface area contributed by atoms with Crippen molar-refractivity contribution in [3.05, 3.63) is 46.0 Å². The molecule has 0 N–H and O–H groups in total. The van der Waals surface area contributed by atoms with Gasteiger partial charge in [0.2, 0.25) is 5.82 Å². The Kier molecular flexibility index (Phi) is 5.13. The Morgan fingerprint density at radius 1 is 1.40 bits per heavy atom.